The molecule has 55 heavy (non-hydrogen) atoms. The van der Waals surface area contributed by atoms with Crippen molar-refractivity contribution in [3.05, 3.63) is 36.5 Å². The summed E-state index contributed by atoms with van der Waals surface area (Å²) in [5.74, 6) is 0. The van der Waals surface area contributed by atoms with Crippen molar-refractivity contribution in [2.24, 2.45) is 28.7 Å². The van der Waals surface area contributed by atoms with Gasteiger partial charge in [-0.05, 0) is 18.6 Å². The smallest absolute Gasteiger partial charge is 0.187 e. The maximum atomic E-state index is 11.4. The van der Waals surface area contributed by atoms with Crippen LogP contribution >= 0.6 is 0 Å². The summed E-state index contributed by atoms with van der Waals surface area (Å²) >= 11 is 0. The van der Waals surface area contributed by atoms with E-state index in [1.54, 1.807) is 6.20 Å². The van der Waals surface area contributed by atoms with Crippen LogP contribution in [-0.2, 0) is 33.2 Å². The fraction of sp³-hybridized carbons (Fsp3) is 0.735. The molecule has 0 unspecified atom stereocenters. The topological polar surface area (TPSA) is 361 Å². The number of hydrogen-bond acceptors (Lipinski definition) is 21. The number of ether oxygens (including phenoxy) is 7. The van der Waals surface area contributed by atoms with Crippen LogP contribution in [0.3, 0.4) is 0 Å². The van der Waals surface area contributed by atoms with Gasteiger partial charge in [0.15, 0.2) is 18.9 Å². The second-order valence-electron chi connectivity index (χ2n) is 14.4. The SMILES string of the molecule is NC[C@@H]1O[C@H](O[C@H]2[C@@H](OCCNc3cnc4ccccc4c3)[C@H](O[C@@H]3[C@@H](O)[C@H](N)C[C@H](N)[C@H]3O[C@H]3O[C@H](CO)[C@@H](O)[C@H](O)[C@H]3N)O[C@@H]2CO)[C@H](N)[C@@H](O)[C@@H]1O. The van der Waals surface area contributed by atoms with Gasteiger partial charge in [-0.25, -0.2) is 0 Å². The lowest BCUT2D eigenvalue weighted by molar-refractivity contribution is -0.311. The predicted molar refractivity (Wildman–Crippen MR) is 190 cm³/mol. The third-order valence-electron chi connectivity index (χ3n) is 10.6. The highest BCUT2D eigenvalue weighted by molar-refractivity contribution is 5.81. The standard InChI is InChI=1S/C34H55N7O14/c35-9-18-24(45)26(47)21(38)32(50-18)54-29-20(12-43)52-34(31(29)49-6-5-40-14-7-13-3-1-2-4-17(13)41-10-14)55-30-23(44)15(36)8-16(37)28(30)53-33-22(39)27(48)25(46)19(11-42)51-33/h1-4,7,10,15-16,18-34,40,42-48H,5-6,8-9,11-12,35-39H2/t15-,16+,18+,19-,20-,21-,22-,23+,24-,25-,26-,27-,28-,29-,30-,31-,32-,33-,34+/m1/s1. The van der Waals surface area contributed by atoms with Crippen molar-refractivity contribution in [2.45, 2.75) is 123 Å². The monoisotopic (exact) mass is 785 g/mol. The van der Waals surface area contributed by atoms with Crippen LogP contribution in [-0.4, -0.2) is 190 Å². The van der Waals surface area contributed by atoms with Crippen LogP contribution in [0.1, 0.15) is 6.42 Å². The molecule has 0 amide bonds. The van der Waals surface area contributed by atoms with Crippen molar-refractivity contribution in [2.75, 3.05) is 38.2 Å². The molecule has 4 fully saturated rings. The molecule has 1 saturated carbocycles. The van der Waals surface area contributed by atoms with Gasteiger partial charge in [0.2, 0.25) is 0 Å². The van der Waals surface area contributed by atoms with Gasteiger partial charge in [0.1, 0.15) is 67.1 Å². The van der Waals surface area contributed by atoms with Gasteiger partial charge in [-0.1, -0.05) is 18.2 Å². The summed E-state index contributed by atoms with van der Waals surface area (Å²) in [6.45, 7) is -1.16. The van der Waals surface area contributed by atoms with Crippen molar-refractivity contribution in [1.82, 2.24) is 4.98 Å². The fourth-order valence-corrected chi connectivity index (χ4v) is 7.41. The number of para-hydroxylation sites is 1. The Morgan fingerprint density at radius 3 is 1.96 bits per heavy atom. The van der Waals surface area contributed by atoms with Crippen molar-refractivity contribution in [3.8, 4) is 0 Å². The molecule has 1 aromatic heterocycles. The van der Waals surface area contributed by atoms with Crippen molar-refractivity contribution < 1.29 is 68.9 Å². The first-order chi connectivity index (χ1) is 26.4. The average Bonchev–Trinajstić information content (AvgIpc) is 3.51. The van der Waals surface area contributed by atoms with Crippen LogP contribution in [0.2, 0.25) is 0 Å². The number of aliphatic hydroxyl groups is 7. The van der Waals surface area contributed by atoms with E-state index in [4.69, 9.17) is 61.8 Å². The maximum Gasteiger partial charge on any atom is 0.187 e. The summed E-state index contributed by atoms with van der Waals surface area (Å²) in [4.78, 5) is 4.46. The zero-order valence-corrected chi connectivity index (χ0v) is 30.0. The number of anilines is 1. The number of aliphatic hydroxyl groups excluding tert-OH is 7. The molecule has 2 aromatic rings. The third kappa shape index (κ3) is 9.05. The largest absolute Gasteiger partial charge is 0.394 e. The first-order valence-electron chi connectivity index (χ1n) is 18.3. The number of rotatable bonds is 14. The number of nitrogens with two attached hydrogens (primary N) is 5. The molecule has 18 N–H and O–H groups in total. The Balaban J connectivity index is 1.23. The molecule has 4 aliphatic rings. The minimum Gasteiger partial charge on any atom is -0.394 e. The van der Waals surface area contributed by atoms with Crippen LogP contribution in [0.5, 0.6) is 0 Å². The van der Waals surface area contributed by atoms with E-state index >= 15 is 0 Å². The Morgan fingerprint density at radius 2 is 1.29 bits per heavy atom. The van der Waals surface area contributed by atoms with Crippen LogP contribution < -0.4 is 34.0 Å². The van der Waals surface area contributed by atoms with E-state index in [0.717, 1.165) is 16.6 Å². The van der Waals surface area contributed by atoms with Gasteiger partial charge in [0.25, 0.3) is 0 Å². The second kappa shape index (κ2) is 18.5. The molecular formula is C34H55N7O14. The van der Waals surface area contributed by atoms with Crippen LogP contribution in [0.15, 0.2) is 36.5 Å². The molecule has 3 saturated heterocycles. The molecule has 21 nitrogen and oxygen atoms in total. The molecule has 6 rings (SSSR count). The number of hydrogen-bond donors (Lipinski definition) is 13. The first kappa shape index (κ1) is 42.3. The fourth-order valence-electron chi connectivity index (χ4n) is 7.41. The molecular weight excluding hydrogens is 730 g/mol. The van der Waals surface area contributed by atoms with Gasteiger partial charge in [0.05, 0.1) is 55.4 Å². The molecule has 3 aliphatic heterocycles. The Bertz CT molecular complexity index is 1520. The Hall–Kier alpha value is -2.33. The van der Waals surface area contributed by atoms with E-state index < -0.39 is 129 Å². The van der Waals surface area contributed by atoms with Crippen LogP contribution in [0.25, 0.3) is 10.9 Å². The Labute approximate surface area is 316 Å². The lowest BCUT2D eigenvalue weighted by atomic mass is 9.84. The molecule has 19 atom stereocenters. The van der Waals surface area contributed by atoms with Crippen molar-refractivity contribution in [1.29, 1.82) is 0 Å². The van der Waals surface area contributed by atoms with Gasteiger partial charge in [0, 0.05) is 30.6 Å². The number of nitrogens with one attached hydrogen (secondary N) is 1. The van der Waals surface area contributed by atoms with E-state index in [-0.39, 0.29) is 26.1 Å². The van der Waals surface area contributed by atoms with Gasteiger partial charge in [-0.2, -0.15) is 0 Å². The molecule has 21 heteroatoms. The summed E-state index contributed by atoms with van der Waals surface area (Å²) in [5.41, 5.74) is 32.4. The van der Waals surface area contributed by atoms with E-state index in [2.05, 4.69) is 10.3 Å². The summed E-state index contributed by atoms with van der Waals surface area (Å²) < 4.78 is 42.7. The van der Waals surface area contributed by atoms with Crippen molar-refractivity contribution >= 4 is 16.6 Å². The normalized spacial score (nSPS) is 43.8. The quantitative estimate of drug-likeness (QED) is 0.0792. The summed E-state index contributed by atoms with van der Waals surface area (Å²) in [5, 5.41) is 77.7. The van der Waals surface area contributed by atoms with Crippen molar-refractivity contribution in [3.63, 3.8) is 0 Å². The molecule has 4 heterocycles. The molecule has 310 valence electrons. The lowest BCUT2D eigenvalue weighted by Gasteiger charge is -2.47. The van der Waals surface area contributed by atoms with E-state index in [1.807, 2.05) is 30.3 Å². The lowest BCUT2D eigenvalue weighted by Crippen LogP contribution is -2.68. The van der Waals surface area contributed by atoms with Gasteiger partial charge in [-0.15, -0.1) is 0 Å². The van der Waals surface area contributed by atoms with Gasteiger partial charge >= 0.3 is 0 Å². The zero-order chi connectivity index (χ0) is 39.6. The van der Waals surface area contributed by atoms with E-state index in [1.165, 1.54) is 0 Å². The zero-order valence-electron chi connectivity index (χ0n) is 30.0. The maximum absolute atomic E-state index is 11.4. The minimum absolute atomic E-state index is 0.0166. The van der Waals surface area contributed by atoms with E-state index in [0.29, 0.717) is 0 Å². The van der Waals surface area contributed by atoms with Gasteiger partial charge < -0.3 is 103 Å². The van der Waals surface area contributed by atoms with Crippen LogP contribution in [0, 0.1) is 0 Å². The third-order valence-corrected chi connectivity index (χ3v) is 10.6. The summed E-state index contributed by atoms with van der Waals surface area (Å²) in [6, 6.07) is 5.24. The first-order valence-corrected chi connectivity index (χ1v) is 18.3. The number of aromatic nitrogens is 1. The highest BCUT2D eigenvalue weighted by Crippen LogP contribution is 2.35. The predicted octanol–water partition coefficient (Wildman–Crippen LogP) is -6.18. The summed E-state index contributed by atoms with van der Waals surface area (Å²) in [7, 11) is 0. The van der Waals surface area contributed by atoms with E-state index in [9.17, 15) is 35.7 Å². The highest BCUT2D eigenvalue weighted by Gasteiger charge is 2.55. The molecule has 0 bridgehead atoms. The number of fused-ring (bicyclic) bond motifs is 1. The molecule has 1 aromatic carbocycles. The molecule has 0 spiro atoms. The second-order valence-corrected chi connectivity index (χ2v) is 14.4. The van der Waals surface area contributed by atoms with Crippen LogP contribution in [0.4, 0.5) is 5.69 Å². The molecule has 1 aliphatic carbocycles. The average molecular weight is 786 g/mol. The van der Waals surface area contributed by atoms with Gasteiger partial charge in [-0.3, -0.25) is 4.98 Å². The number of benzene rings is 1. The number of pyridine rings is 1. The summed E-state index contributed by atoms with van der Waals surface area (Å²) in [6.07, 6.45) is -18.0. The Morgan fingerprint density at radius 1 is 0.691 bits per heavy atom. The molecule has 0 radical (unpaired) electrons. The minimum atomic E-state index is -1.53. The highest BCUT2D eigenvalue weighted by atomic mass is 16.8. The number of nitrogens with zero attached hydrogens (tertiary/aromatic N) is 1. The Kier molecular flexibility index (Phi) is 14.2.